The molecule has 0 spiro atoms. The normalized spacial score (nSPS) is 10.2. The van der Waals surface area contributed by atoms with Gasteiger partial charge in [0.15, 0.2) is 0 Å². The maximum Gasteiger partial charge on any atom is 0.201 e. The molecule has 42 heavy (non-hydrogen) atoms. The van der Waals surface area contributed by atoms with Gasteiger partial charge in [-0.2, -0.15) is 10.2 Å². The Bertz CT molecular complexity index is 1750. The van der Waals surface area contributed by atoms with E-state index in [4.69, 9.17) is 0 Å². The second-order valence-corrected chi connectivity index (χ2v) is 8.88. The van der Waals surface area contributed by atoms with Crippen LogP contribution in [0.15, 0.2) is 140 Å². The van der Waals surface area contributed by atoms with E-state index in [0.29, 0.717) is 11.6 Å². The van der Waals surface area contributed by atoms with Crippen LogP contribution in [0.2, 0.25) is 0 Å². The van der Waals surface area contributed by atoms with Gasteiger partial charge in [0.1, 0.15) is 5.82 Å². The minimum absolute atomic E-state index is 0. The Morgan fingerprint density at radius 1 is 0.548 bits per heavy atom. The molecule has 0 aliphatic rings. The van der Waals surface area contributed by atoms with E-state index in [1.165, 1.54) is 0 Å². The van der Waals surface area contributed by atoms with Gasteiger partial charge in [-0.25, -0.2) is 0 Å². The van der Waals surface area contributed by atoms with Gasteiger partial charge < -0.3 is 4.57 Å². The predicted molar refractivity (Wildman–Crippen MR) is 158 cm³/mol. The molecule has 4 aromatic carbocycles. The first-order valence-electron chi connectivity index (χ1n) is 13.0. The Balaban J connectivity index is 0.000000169. The van der Waals surface area contributed by atoms with Crippen LogP contribution in [-0.4, -0.2) is 34.9 Å². The van der Waals surface area contributed by atoms with Crippen molar-refractivity contribution < 1.29 is 20.1 Å². The molecule has 3 aromatic heterocycles. The zero-order valence-electron chi connectivity index (χ0n) is 22.2. The molecule has 0 unspecified atom stereocenters. The number of benzene rings is 4. The summed E-state index contributed by atoms with van der Waals surface area (Å²) in [5, 5.41) is 16.3. The van der Waals surface area contributed by atoms with Crippen molar-refractivity contribution in [3.05, 3.63) is 152 Å². The topological polar surface area (TPSA) is 82.3 Å². The number of hydrogen-bond donors (Lipinski definition) is 0. The van der Waals surface area contributed by atoms with Gasteiger partial charge >= 0.3 is 0 Å². The Kier molecular flexibility index (Phi) is 9.42. The maximum absolute atomic E-state index is 4.51. The van der Waals surface area contributed by atoms with Crippen molar-refractivity contribution in [3.8, 4) is 51.0 Å². The molecule has 7 rings (SSSR count). The van der Waals surface area contributed by atoms with Gasteiger partial charge in [-0.15, -0.1) is 75.9 Å². The zero-order chi connectivity index (χ0) is 27.7. The second kappa shape index (κ2) is 13.9. The molecule has 0 N–H and O–H groups in total. The molecule has 0 atom stereocenters. The van der Waals surface area contributed by atoms with E-state index in [-0.39, 0.29) is 20.1 Å². The Hall–Kier alpha value is -5.17. The van der Waals surface area contributed by atoms with Crippen molar-refractivity contribution in [2.24, 2.45) is 0 Å². The first-order valence-corrected chi connectivity index (χ1v) is 13.0. The van der Waals surface area contributed by atoms with Crippen molar-refractivity contribution in [1.29, 1.82) is 0 Å². The molecule has 7 nitrogen and oxygen atoms in total. The molecule has 0 bridgehead atoms. The Morgan fingerprint density at radius 3 is 1.95 bits per heavy atom. The molecular formula is C34H23IrN7-2. The summed E-state index contributed by atoms with van der Waals surface area (Å²) in [7, 11) is 0. The number of rotatable bonds is 5. The molecule has 0 aliphatic carbocycles. The van der Waals surface area contributed by atoms with Gasteiger partial charge in [0.25, 0.3) is 0 Å². The van der Waals surface area contributed by atoms with Gasteiger partial charge in [-0.1, -0.05) is 60.2 Å². The number of pyridine rings is 1. The smallest absolute Gasteiger partial charge is 0.201 e. The third-order valence-corrected chi connectivity index (χ3v) is 6.17. The van der Waals surface area contributed by atoms with Crippen LogP contribution >= 0.6 is 0 Å². The molecular weight excluding hydrogens is 699 g/mol. The van der Waals surface area contributed by atoms with Crippen LogP contribution in [0.3, 0.4) is 0 Å². The summed E-state index contributed by atoms with van der Waals surface area (Å²) in [6, 6.07) is 43.7. The third-order valence-electron chi connectivity index (χ3n) is 6.17. The van der Waals surface area contributed by atoms with Gasteiger partial charge in [-0.05, 0) is 23.8 Å². The van der Waals surface area contributed by atoms with Crippen molar-refractivity contribution in [1.82, 2.24) is 34.9 Å². The standard InChI is InChI=1S/C20H14N3.C14H9N4.Ir/c1-2-9-19(10-3-1)23-13-12-22-20(23)17-7-4-6-16(14-17)18-8-5-11-21-15-18;1-3-7-11(8-4-1)13-15-17-14(18-16-13)12-9-5-2-6-10-12;/h1-6,8-15H;1-9H;/q2*-1;. The number of para-hydroxylation sites is 1. The minimum atomic E-state index is 0. The van der Waals surface area contributed by atoms with Crippen molar-refractivity contribution in [2.45, 2.75) is 0 Å². The van der Waals surface area contributed by atoms with E-state index in [1.54, 1.807) is 6.20 Å². The largest absolute Gasteiger partial charge is 0.340 e. The average molecular weight is 722 g/mol. The quantitative estimate of drug-likeness (QED) is 0.182. The van der Waals surface area contributed by atoms with Crippen LogP contribution in [0.1, 0.15) is 0 Å². The predicted octanol–water partition coefficient (Wildman–Crippen LogP) is 6.80. The second-order valence-electron chi connectivity index (χ2n) is 8.88. The van der Waals surface area contributed by atoms with Crippen LogP contribution in [0.25, 0.3) is 51.0 Å². The number of aromatic nitrogens is 7. The average Bonchev–Trinajstić information content (AvgIpc) is 3.57. The van der Waals surface area contributed by atoms with Gasteiger partial charge in [0.2, 0.25) is 5.82 Å². The SMILES string of the molecule is [Ir].[c-]1ccc(-c2cccnc2)cc1-c1nccn1-c1ccccc1.[c-]1ccccc1-c1nnc(-c2ccccc2)nn1. The Morgan fingerprint density at radius 2 is 1.24 bits per heavy atom. The summed E-state index contributed by atoms with van der Waals surface area (Å²) in [4.78, 5) is 8.70. The number of imidazole rings is 1. The third kappa shape index (κ3) is 6.75. The van der Waals surface area contributed by atoms with E-state index in [2.05, 4.69) is 71.3 Å². The van der Waals surface area contributed by atoms with Gasteiger partial charge in [-0.3, -0.25) is 9.97 Å². The fourth-order valence-corrected chi connectivity index (χ4v) is 4.18. The van der Waals surface area contributed by atoms with E-state index < -0.39 is 0 Å². The van der Waals surface area contributed by atoms with Gasteiger partial charge in [0, 0.05) is 56.1 Å². The Labute approximate surface area is 257 Å². The molecule has 0 aliphatic heterocycles. The number of hydrogen-bond acceptors (Lipinski definition) is 6. The van der Waals surface area contributed by atoms with E-state index in [1.807, 2.05) is 110 Å². The molecule has 1 radical (unpaired) electrons. The summed E-state index contributed by atoms with van der Waals surface area (Å²) in [6.45, 7) is 0. The zero-order valence-corrected chi connectivity index (χ0v) is 24.6. The van der Waals surface area contributed by atoms with Crippen LogP contribution in [0.4, 0.5) is 0 Å². The van der Waals surface area contributed by atoms with Crippen molar-refractivity contribution in [2.75, 3.05) is 0 Å². The van der Waals surface area contributed by atoms with Crippen LogP contribution < -0.4 is 0 Å². The minimum Gasteiger partial charge on any atom is -0.340 e. The molecule has 3 heterocycles. The van der Waals surface area contributed by atoms with Crippen molar-refractivity contribution in [3.63, 3.8) is 0 Å². The number of nitrogens with zero attached hydrogens (tertiary/aromatic N) is 7. The summed E-state index contributed by atoms with van der Waals surface area (Å²) in [5.74, 6) is 1.88. The summed E-state index contributed by atoms with van der Waals surface area (Å²) < 4.78 is 2.07. The molecule has 7 aromatic rings. The summed E-state index contributed by atoms with van der Waals surface area (Å²) in [6.07, 6.45) is 7.42. The molecule has 8 heteroatoms. The van der Waals surface area contributed by atoms with E-state index >= 15 is 0 Å². The van der Waals surface area contributed by atoms with Crippen LogP contribution in [0.5, 0.6) is 0 Å². The molecule has 0 saturated carbocycles. The first kappa shape index (κ1) is 28.4. The molecule has 0 amide bonds. The van der Waals surface area contributed by atoms with Crippen molar-refractivity contribution >= 4 is 0 Å². The maximum atomic E-state index is 4.51. The van der Waals surface area contributed by atoms with Gasteiger partial charge in [0.05, 0.1) is 5.82 Å². The van der Waals surface area contributed by atoms with E-state index in [9.17, 15) is 0 Å². The van der Waals surface area contributed by atoms with Crippen LogP contribution in [-0.2, 0) is 20.1 Å². The summed E-state index contributed by atoms with van der Waals surface area (Å²) >= 11 is 0. The molecule has 205 valence electrons. The fourth-order valence-electron chi connectivity index (χ4n) is 4.18. The monoisotopic (exact) mass is 722 g/mol. The van der Waals surface area contributed by atoms with Crippen LogP contribution in [0, 0.1) is 12.1 Å². The molecule has 0 saturated heterocycles. The van der Waals surface area contributed by atoms with E-state index in [0.717, 1.165) is 39.3 Å². The summed E-state index contributed by atoms with van der Waals surface area (Å²) in [5.41, 5.74) is 5.92. The first-order chi connectivity index (χ1) is 20.3. The fraction of sp³-hybridized carbons (Fsp3) is 0. The molecule has 0 fully saturated rings.